The first-order chi connectivity index (χ1) is 1.73. The van der Waals surface area contributed by atoms with Crippen LogP contribution in [-0.2, 0) is 0 Å². The van der Waals surface area contributed by atoms with Crippen LogP contribution in [0.15, 0.2) is 0 Å². The molecular formula is C6H18InN. The molecule has 0 aliphatic heterocycles. The molecule has 0 aromatic rings. The summed E-state index contributed by atoms with van der Waals surface area (Å²) < 4.78 is 0. The Hall–Kier alpha value is 0.830. The summed E-state index contributed by atoms with van der Waals surface area (Å²) >= 11 is 0. The van der Waals surface area contributed by atoms with Gasteiger partial charge in [0.05, 0.1) is 0 Å². The van der Waals surface area contributed by atoms with Gasteiger partial charge in [-0.15, -0.1) is 0 Å². The normalized spacial score (nSPS) is 4.50. The van der Waals surface area contributed by atoms with Gasteiger partial charge >= 0.3 is 25.8 Å². The standard InChI is InChI=1S/C3H9N.3CH3.In/c1-4(2)3;;;;/h1-3H3;3*1H3;/q;3*-1;+3. The quantitative estimate of drug-likeness (QED) is 0.552. The third-order valence-electron chi connectivity index (χ3n) is 0. The fourth-order valence-corrected chi connectivity index (χ4v) is 0. The third-order valence-corrected chi connectivity index (χ3v) is 0. The van der Waals surface area contributed by atoms with Crippen LogP contribution in [0, 0.1) is 22.3 Å². The van der Waals surface area contributed by atoms with Crippen molar-refractivity contribution in [1.29, 1.82) is 0 Å². The molecule has 50 valence electrons. The average Bonchev–Trinajstić information content (AvgIpc) is 0.811. The van der Waals surface area contributed by atoms with Crippen LogP contribution < -0.4 is 0 Å². The second-order valence-corrected chi connectivity index (χ2v) is 1.34. The van der Waals surface area contributed by atoms with Crippen molar-refractivity contribution in [2.24, 2.45) is 0 Å². The molecule has 0 saturated carbocycles. The first-order valence-corrected chi connectivity index (χ1v) is 1.34. The Bertz CT molecular complexity index is 13.2. The van der Waals surface area contributed by atoms with Crippen LogP contribution in [-0.4, -0.2) is 51.9 Å². The molecule has 0 N–H and O–H groups in total. The molecule has 0 spiro atoms. The number of hydrogen-bond acceptors (Lipinski definition) is 1. The minimum Gasteiger partial charge on any atom is -0.358 e. The topological polar surface area (TPSA) is 3.24 Å². The van der Waals surface area contributed by atoms with Gasteiger partial charge in [-0.25, -0.2) is 0 Å². The van der Waals surface area contributed by atoms with E-state index in [0.717, 1.165) is 0 Å². The van der Waals surface area contributed by atoms with Crippen LogP contribution in [0.25, 0.3) is 0 Å². The number of nitrogens with zero attached hydrogens (tertiary/aromatic N) is 1. The van der Waals surface area contributed by atoms with Crippen molar-refractivity contribution < 1.29 is 0 Å². The first-order valence-electron chi connectivity index (χ1n) is 1.34. The molecular weight excluding hydrogens is 201 g/mol. The maximum Gasteiger partial charge on any atom is 3.00 e. The van der Waals surface area contributed by atoms with Crippen molar-refractivity contribution in [2.75, 3.05) is 21.1 Å². The number of rotatable bonds is 0. The van der Waals surface area contributed by atoms with Gasteiger partial charge in [-0.1, -0.05) is 0 Å². The molecule has 0 heterocycles. The van der Waals surface area contributed by atoms with Gasteiger partial charge in [0.15, 0.2) is 0 Å². The van der Waals surface area contributed by atoms with E-state index < -0.39 is 0 Å². The van der Waals surface area contributed by atoms with E-state index in [1.165, 1.54) is 0 Å². The van der Waals surface area contributed by atoms with Crippen LogP contribution in [0.5, 0.6) is 0 Å². The summed E-state index contributed by atoms with van der Waals surface area (Å²) in [7, 11) is 6.00. The SMILES string of the molecule is CN(C)C.[CH3-].[CH3-].[CH3-].[In+3]. The van der Waals surface area contributed by atoms with Crippen molar-refractivity contribution >= 4 is 25.8 Å². The Balaban J connectivity index is -0.00000000750. The molecule has 0 aromatic carbocycles. The molecule has 1 nitrogen and oxygen atoms in total. The third kappa shape index (κ3) is 337. The Morgan fingerprint density at radius 3 is 0.750 bits per heavy atom. The molecule has 0 bridgehead atoms. The zero-order chi connectivity index (χ0) is 3.58. The van der Waals surface area contributed by atoms with E-state index in [1.54, 1.807) is 0 Å². The molecule has 0 aliphatic carbocycles. The summed E-state index contributed by atoms with van der Waals surface area (Å²) in [6.07, 6.45) is 0. The Morgan fingerprint density at radius 1 is 0.750 bits per heavy atom. The Kier molecular flexibility index (Phi) is 115. The van der Waals surface area contributed by atoms with Crippen LogP contribution in [0.1, 0.15) is 0 Å². The van der Waals surface area contributed by atoms with Gasteiger partial charge in [-0.05, 0) is 21.1 Å². The van der Waals surface area contributed by atoms with Gasteiger partial charge in [-0.2, -0.15) is 0 Å². The van der Waals surface area contributed by atoms with Crippen molar-refractivity contribution in [2.45, 2.75) is 0 Å². The summed E-state index contributed by atoms with van der Waals surface area (Å²) in [5.41, 5.74) is 0. The van der Waals surface area contributed by atoms with Crippen molar-refractivity contribution in [3.05, 3.63) is 22.3 Å². The van der Waals surface area contributed by atoms with Crippen LogP contribution >= 0.6 is 0 Å². The largest absolute Gasteiger partial charge is 3.00 e. The molecule has 0 rings (SSSR count). The molecule has 0 amide bonds. The van der Waals surface area contributed by atoms with E-state index in [1.807, 2.05) is 26.0 Å². The second kappa shape index (κ2) is 24.9. The maximum absolute atomic E-state index is 2.00. The van der Waals surface area contributed by atoms with Gasteiger partial charge in [0, 0.05) is 0 Å². The first kappa shape index (κ1) is 36.9. The fraction of sp³-hybridized carbons (Fsp3) is 0.500. The molecule has 0 fully saturated rings. The summed E-state index contributed by atoms with van der Waals surface area (Å²) in [4.78, 5) is 2.00. The second-order valence-electron chi connectivity index (χ2n) is 1.34. The van der Waals surface area contributed by atoms with Gasteiger partial charge in [0.25, 0.3) is 0 Å². The minimum atomic E-state index is 0. The smallest absolute Gasteiger partial charge is 0.358 e. The van der Waals surface area contributed by atoms with E-state index in [-0.39, 0.29) is 48.1 Å². The van der Waals surface area contributed by atoms with Crippen LogP contribution in [0.2, 0.25) is 0 Å². The van der Waals surface area contributed by atoms with E-state index in [0.29, 0.717) is 0 Å². The van der Waals surface area contributed by atoms with E-state index in [4.69, 9.17) is 0 Å². The summed E-state index contributed by atoms with van der Waals surface area (Å²) in [6, 6.07) is 0. The fourth-order valence-electron chi connectivity index (χ4n) is 0. The zero-order valence-electron chi connectivity index (χ0n) is 7.02. The Morgan fingerprint density at radius 2 is 0.750 bits per heavy atom. The van der Waals surface area contributed by atoms with Gasteiger partial charge in [0.1, 0.15) is 0 Å². The predicted molar refractivity (Wildman–Crippen MR) is 44.6 cm³/mol. The van der Waals surface area contributed by atoms with Crippen molar-refractivity contribution in [3.8, 4) is 0 Å². The Labute approximate surface area is 74.2 Å². The van der Waals surface area contributed by atoms with Gasteiger partial charge in [0.2, 0.25) is 0 Å². The van der Waals surface area contributed by atoms with Crippen molar-refractivity contribution in [3.63, 3.8) is 0 Å². The molecule has 2 heteroatoms. The molecule has 8 heavy (non-hydrogen) atoms. The molecule has 0 aliphatic rings. The average molecular weight is 219 g/mol. The maximum atomic E-state index is 2.00. The monoisotopic (exact) mass is 219 g/mol. The van der Waals surface area contributed by atoms with E-state index in [9.17, 15) is 0 Å². The summed E-state index contributed by atoms with van der Waals surface area (Å²) in [6.45, 7) is 0. The predicted octanol–water partition coefficient (Wildman–Crippen LogP) is 1.15. The molecule has 0 aromatic heterocycles. The van der Waals surface area contributed by atoms with Gasteiger partial charge in [-0.3, -0.25) is 0 Å². The summed E-state index contributed by atoms with van der Waals surface area (Å²) in [5, 5.41) is 0. The van der Waals surface area contributed by atoms with E-state index in [2.05, 4.69) is 0 Å². The molecule has 0 unspecified atom stereocenters. The van der Waals surface area contributed by atoms with Gasteiger partial charge < -0.3 is 27.2 Å². The van der Waals surface area contributed by atoms with E-state index >= 15 is 0 Å². The van der Waals surface area contributed by atoms with Crippen LogP contribution in [0.3, 0.4) is 0 Å². The van der Waals surface area contributed by atoms with Crippen LogP contribution in [0.4, 0.5) is 0 Å². The number of hydrogen-bond donors (Lipinski definition) is 0. The molecule has 0 radical (unpaired) electrons. The van der Waals surface area contributed by atoms with Crippen molar-refractivity contribution in [1.82, 2.24) is 4.90 Å². The zero-order valence-corrected chi connectivity index (χ0v) is 10.3. The molecule has 0 saturated heterocycles. The summed E-state index contributed by atoms with van der Waals surface area (Å²) in [5.74, 6) is 0. The minimum absolute atomic E-state index is 0. The molecule has 0 atom stereocenters.